The first-order valence-corrected chi connectivity index (χ1v) is 4.60. The van der Waals surface area contributed by atoms with E-state index >= 15 is 0 Å². The molecule has 2 unspecified atom stereocenters. The molecule has 2 fully saturated rings. The van der Waals surface area contributed by atoms with Crippen LogP contribution in [0.1, 0.15) is 19.3 Å². The minimum atomic E-state index is -0.762. The molecule has 13 heavy (non-hydrogen) atoms. The molecule has 1 aliphatic heterocycles. The molecular formula is C9H15NO3. The van der Waals surface area contributed by atoms with Crippen LogP contribution in [0, 0.1) is 5.41 Å². The molecule has 0 aromatic rings. The van der Waals surface area contributed by atoms with Crippen LogP contribution < -0.4 is 5.73 Å². The van der Waals surface area contributed by atoms with Gasteiger partial charge in [-0.2, -0.15) is 0 Å². The molecule has 2 N–H and O–H groups in total. The van der Waals surface area contributed by atoms with Gasteiger partial charge in [-0.25, -0.2) is 0 Å². The molecule has 74 valence electrons. The SMILES string of the molecule is COC(=O)C1(N)CC12CCCOC2. The first kappa shape index (κ1) is 8.97. The van der Waals surface area contributed by atoms with Crippen molar-refractivity contribution in [2.75, 3.05) is 20.3 Å². The fourth-order valence-electron chi connectivity index (χ4n) is 2.30. The van der Waals surface area contributed by atoms with Crippen molar-refractivity contribution < 1.29 is 14.3 Å². The number of hydrogen-bond donors (Lipinski definition) is 1. The highest BCUT2D eigenvalue weighted by atomic mass is 16.5. The summed E-state index contributed by atoms with van der Waals surface area (Å²) >= 11 is 0. The van der Waals surface area contributed by atoms with E-state index in [2.05, 4.69) is 4.74 Å². The van der Waals surface area contributed by atoms with E-state index < -0.39 is 5.54 Å². The van der Waals surface area contributed by atoms with E-state index in [4.69, 9.17) is 10.5 Å². The van der Waals surface area contributed by atoms with Gasteiger partial charge in [0, 0.05) is 12.0 Å². The zero-order chi connectivity index (χ0) is 9.53. The van der Waals surface area contributed by atoms with Crippen molar-refractivity contribution in [2.45, 2.75) is 24.8 Å². The molecule has 2 aliphatic rings. The van der Waals surface area contributed by atoms with E-state index in [1.165, 1.54) is 7.11 Å². The number of nitrogens with two attached hydrogens (primary N) is 1. The second-order valence-electron chi connectivity index (χ2n) is 4.08. The van der Waals surface area contributed by atoms with Crippen LogP contribution in [0.3, 0.4) is 0 Å². The topological polar surface area (TPSA) is 61.5 Å². The van der Waals surface area contributed by atoms with Crippen molar-refractivity contribution in [2.24, 2.45) is 11.1 Å². The molecule has 0 aromatic heterocycles. The van der Waals surface area contributed by atoms with E-state index in [0.717, 1.165) is 19.4 Å². The lowest BCUT2D eigenvalue weighted by molar-refractivity contribution is -0.145. The highest BCUT2D eigenvalue weighted by Gasteiger charge is 2.70. The van der Waals surface area contributed by atoms with Crippen LogP contribution in [0.25, 0.3) is 0 Å². The molecule has 2 rings (SSSR count). The minimum absolute atomic E-state index is 0.113. The van der Waals surface area contributed by atoms with E-state index in [0.29, 0.717) is 13.0 Å². The minimum Gasteiger partial charge on any atom is -0.468 e. The lowest BCUT2D eigenvalue weighted by Crippen LogP contribution is -2.43. The first-order valence-electron chi connectivity index (χ1n) is 4.60. The lowest BCUT2D eigenvalue weighted by atomic mass is 9.93. The Morgan fingerprint density at radius 2 is 2.38 bits per heavy atom. The van der Waals surface area contributed by atoms with Gasteiger partial charge in [-0.1, -0.05) is 0 Å². The van der Waals surface area contributed by atoms with Crippen LogP contribution in [0.4, 0.5) is 0 Å². The Morgan fingerprint density at radius 3 is 2.92 bits per heavy atom. The Balaban J connectivity index is 2.09. The Kier molecular flexibility index (Phi) is 1.85. The average molecular weight is 185 g/mol. The molecule has 0 bridgehead atoms. The zero-order valence-electron chi connectivity index (χ0n) is 7.84. The maximum absolute atomic E-state index is 11.4. The summed E-state index contributed by atoms with van der Waals surface area (Å²) < 4.78 is 10.0. The number of methoxy groups -OCH3 is 1. The monoisotopic (exact) mass is 185 g/mol. The van der Waals surface area contributed by atoms with E-state index in [9.17, 15) is 4.79 Å². The Hall–Kier alpha value is -0.610. The van der Waals surface area contributed by atoms with Crippen molar-refractivity contribution in [3.05, 3.63) is 0 Å². The predicted octanol–water partition coefficient (Wildman–Crippen LogP) is 0.0574. The van der Waals surface area contributed by atoms with Crippen molar-refractivity contribution >= 4 is 5.97 Å². The molecule has 1 saturated heterocycles. The summed E-state index contributed by atoms with van der Waals surface area (Å²) in [5.74, 6) is -0.294. The van der Waals surface area contributed by atoms with E-state index in [1.807, 2.05) is 0 Å². The number of esters is 1. The van der Waals surface area contributed by atoms with Gasteiger partial charge in [-0.15, -0.1) is 0 Å². The lowest BCUT2D eigenvalue weighted by Gasteiger charge is -2.25. The van der Waals surface area contributed by atoms with Gasteiger partial charge in [0.15, 0.2) is 0 Å². The molecule has 0 radical (unpaired) electrons. The Morgan fingerprint density at radius 1 is 1.62 bits per heavy atom. The quantitative estimate of drug-likeness (QED) is 0.587. The summed E-state index contributed by atoms with van der Waals surface area (Å²) in [6, 6.07) is 0. The van der Waals surface area contributed by atoms with Crippen LogP contribution in [-0.2, 0) is 14.3 Å². The Labute approximate surface area is 77.4 Å². The molecular weight excluding hydrogens is 170 g/mol. The smallest absolute Gasteiger partial charge is 0.326 e. The number of ether oxygens (including phenoxy) is 2. The number of rotatable bonds is 1. The normalized spacial score (nSPS) is 43.2. The second-order valence-corrected chi connectivity index (χ2v) is 4.08. The summed E-state index contributed by atoms with van der Waals surface area (Å²) in [6.07, 6.45) is 2.70. The maximum atomic E-state index is 11.4. The molecule has 0 amide bonds. The summed E-state index contributed by atoms with van der Waals surface area (Å²) in [5, 5.41) is 0. The molecule has 1 heterocycles. The largest absolute Gasteiger partial charge is 0.468 e. The van der Waals surface area contributed by atoms with Crippen LogP contribution in [0.2, 0.25) is 0 Å². The third-order valence-corrected chi connectivity index (χ3v) is 3.31. The summed E-state index contributed by atoms with van der Waals surface area (Å²) in [5.41, 5.74) is 5.08. The highest BCUT2D eigenvalue weighted by Crippen LogP contribution is 2.59. The van der Waals surface area contributed by atoms with Gasteiger partial charge in [0.1, 0.15) is 5.54 Å². The van der Waals surface area contributed by atoms with Gasteiger partial charge in [0.25, 0.3) is 0 Å². The standard InChI is InChI=1S/C9H15NO3/c1-12-7(11)9(10)5-8(9)3-2-4-13-6-8/h2-6,10H2,1H3. The fourth-order valence-corrected chi connectivity index (χ4v) is 2.30. The van der Waals surface area contributed by atoms with Crippen molar-refractivity contribution in [3.63, 3.8) is 0 Å². The average Bonchev–Trinajstić information content (AvgIpc) is 2.72. The van der Waals surface area contributed by atoms with Gasteiger partial charge in [0.2, 0.25) is 0 Å². The summed E-state index contributed by atoms with van der Waals surface area (Å²) in [7, 11) is 1.38. The van der Waals surface area contributed by atoms with Crippen molar-refractivity contribution in [1.29, 1.82) is 0 Å². The van der Waals surface area contributed by atoms with Gasteiger partial charge < -0.3 is 15.2 Å². The predicted molar refractivity (Wildman–Crippen MR) is 46.0 cm³/mol. The summed E-state index contributed by atoms with van der Waals surface area (Å²) in [4.78, 5) is 11.4. The summed E-state index contributed by atoms with van der Waals surface area (Å²) in [6.45, 7) is 1.40. The molecule has 1 spiro atoms. The van der Waals surface area contributed by atoms with Crippen LogP contribution in [0.15, 0.2) is 0 Å². The van der Waals surface area contributed by atoms with Crippen LogP contribution >= 0.6 is 0 Å². The van der Waals surface area contributed by atoms with Gasteiger partial charge in [-0.05, 0) is 19.3 Å². The van der Waals surface area contributed by atoms with Crippen LogP contribution in [0.5, 0.6) is 0 Å². The third-order valence-electron chi connectivity index (χ3n) is 3.31. The van der Waals surface area contributed by atoms with Gasteiger partial charge in [0.05, 0.1) is 13.7 Å². The molecule has 4 nitrogen and oxygen atoms in total. The number of hydrogen-bond acceptors (Lipinski definition) is 4. The molecule has 2 atom stereocenters. The molecule has 1 aliphatic carbocycles. The van der Waals surface area contributed by atoms with Crippen molar-refractivity contribution in [3.8, 4) is 0 Å². The first-order chi connectivity index (χ1) is 6.15. The molecule has 0 aromatic carbocycles. The van der Waals surface area contributed by atoms with Gasteiger partial charge in [-0.3, -0.25) is 4.79 Å². The van der Waals surface area contributed by atoms with Crippen molar-refractivity contribution in [1.82, 2.24) is 0 Å². The fraction of sp³-hybridized carbons (Fsp3) is 0.889. The van der Waals surface area contributed by atoms with E-state index in [-0.39, 0.29) is 11.4 Å². The highest BCUT2D eigenvalue weighted by molar-refractivity contribution is 5.86. The number of carbonyl (C=O) groups is 1. The van der Waals surface area contributed by atoms with Gasteiger partial charge >= 0.3 is 5.97 Å². The third kappa shape index (κ3) is 1.09. The Bertz CT molecular complexity index is 235. The number of carbonyl (C=O) groups excluding carboxylic acids is 1. The van der Waals surface area contributed by atoms with E-state index in [1.54, 1.807) is 0 Å². The molecule has 4 heteroatoms. The van der Waals surface area contributed by atoms with Crippen LogP contribution in [-0.4, -0.2) is 31.8 Å². The maximum Gasteiger partial charge on any atom is 0.326 e. The molecule has 1 saturated carbocycles. The zero-order valence-corrected chi connectivity index (χ0v) is 7.84. The second kappa shape index (κ2) is 2.69.